The first kappa shape index (κ1) is 18.2. The predicted octanol–water partition coefficient (Wildman–Crippen LogP) is 1.98. The van der Waals surface area contributed by atoms with Gasteiger partial charge in [0.05, 0.1) is 11.4 Å². The fourth-order valence-corrected chi connectivity index (χ4v) is 3.46. The maximum absolute atomic E-state index is 12.5. The highest BCUT2D eigenvalue weighted by molar-refractivity contribution is 5.94. The number of H-pyrrole nitrogens is 1. The van der Waals surface area contributed by atoms with E-state index in [1.807, 2.05) is 48.7 Å². The molecule has 4 rings (SSSR count). The first-order valence-corrected chi connectivity index (χ1v) is 9.54. The molecule has 1 amide bonds. The number of nitrogens with zero attached hydrogens (tertiary/aromatic N) is 3. The molecule has 1 aromatic carbocycles. The van der Waals surface area contributed by atoms with Gasteiger partial charge in [-0.05, 0) is 55.3 Å². The SMILES string of the molecule is NCCc1ccc(C(=O)NC2CCN(c3nccc(-c4ccc[nH]4)n3)C2)cc1. The van der Waals surface area contributed by atoms with Crippen molar-refractivity contribution in [2.45, 2.75) is 18.9 Å². The number of anilines is 1. The maximum Gasteiger partial charge on any atom is 0.251 e. The zero-order valence-corrected chi connectivity index (χ0v) is 15.6. The molecule has 1 unspecified atom stereocenters. The first-order valence-electron chi connectivity index (χ1n) is 9.54. The van der Waals surface area contributed by atoms with E-state index in [9.17, 15) is 4.79 Å². The van der Waals surface area contributed by atoms with Crippen LogP contribution in [-0.4, -0.2) is 46.5 Å². The van der Waals surface area contributed by atoms with E-state index in [1.165, 1.54) is 0 Å². The van der Waals surface area contributed by atoms with Crippen molar-refractivity contribution in [3.8, 4) is 11.4 Å². The fraction of sp³-hybridized carbons (Fsp3) is 0.286. The number of benzene rings is 1. The molecule has 0 saturated carbocycles. The average molecular weight is 376 g/mol. The second-order valence-corrected chi connectivity index (χ2v) is 6.97. The van der Waals surface area contributed by atoms with Gasteiger partial charge in [-0.2, -0.15) is 0 Å². The quantitative estimate of drug-likeness (QED) is 0.611. The van der Waals surface area contributed by atoms with Gasteiger partial charge in [-0.25, -0.2) is 9.97 Å². The molecule has 0 aliphatic carbocycles. The number of rotatable bonds is 6. The third kappa shape index (κ3) is 4.04. The average Bonchev–Trinajstić information content (AvgIpc) is 3.41. The number of carbonyl (C=O) groups is 1. The fourth-order valence-electron chi connectivity index (χ4n) is 3.46. The van der Waals surface area contributed by atoms with Crippen molar-refractivity contribution in [2.75, 3.05) is 24.5 Å². The van der Waals surface area contributed by atoms with Crippen molar-refractivity contribution >= 4 is 11.9 Å². The van der Waals surface area contributed by atoms with Crippen molar-refractivity contribution in [2.24, 2.45) is 5.73 Å². The van der Waals surface area contributed by atoms with Crippen LogP contribution in [0.1, 0.15) is 22.3 Å². The molecule has 1 atom stereocenters. The minimum absolute atomic E-state index is 0.0489. The number of hydrogen-bond acceptors (Lipinski definition) is 5. The summed E-state index contributed by atoms with van der Waals surface area (Å²) >= 11 is 0. The van der Waals surface area contributed by atoms with Gasteiger partial charge >= 0.3 is 0 Å². The smallest absolute Gasteiger partial charge is 0.251 e. The van der Waals surface area contributed by atoms with Crippen LogP contribution < -0.4 is 16.0 Å². The molecular formula is C21H24N6O. The summed E-state index contributed by atoms with van der Waals surface area (Å²) in [6.45, 7) is 2.12. The summed E-state index contributed by atoms with van der Waals surface area (Å²) in [5.74, 6) is 0.641. The van der Waals surface area contributed by atoms with Gasteiger partial charge in [-0.15, -0.1) is 0 Å². The molecule has 4 N–H and O–H groups in total. The number of aromatic nitrogens is 3. The lowest BCUT2D eigenvalue weighted by Gasteiger charge is -2.17. The van der Waals surface area contributed by atoms with E-state index in [-0.39, 0.29) is 11.9 Å². The number of hydrogen-bond donors (Lipinski definition) is 3. The monoisotopic (exact) mass is 376 g/mol. The second kappa shape index (κ2) is 8.22. The van der Waals surface area contributed by atoms with Crippen LogP contribution in [0.2, 0.25) is 0 Å². The highest BCUT2D eigenvalue weighted by Crippen LogP contribution is 2.20. The molecular weight excluding hydrogens is 352 g/mol. The van der Waals surface area contributed by atoms with Gasteiger partial charge in [0.15, 0.2) is 0 Å². The summed E-state index contributed by atoms with van der Waals surface area (Å²) in [7, 11) is 0. The minimum Gasteiger partial charge on any atom is -0.360 e. The number of nitrogens with one attached hydrogen (secondary N) is 2. The van der Waals surface area contributed by atoms with Gasteiger partial charge in [0.25, 0.3) is 5.91 Å². The molecule has 1 aliphatic rings. The molecule has 1 fully saturated rings. The van der Waals surface area contributed by atoms with E-state index < -0.39 is 0 Å². The van der Waals surface area contributed by atoms with Crippen LogP contribution in [0.25, 0.3) is 11.4 Å². The molecule has 144 valence electrons. The Kier molecular flexibility index (Phi) is 5.34. The second-order valence-electron chi connectivity index (χ2n) is 6.97. The van der Waals surface area contributed by atoms with Crippen LogP contribution in [0.5, 0.6) is 0 Å². The summed E-state index contributed by atoms with van der Waals surface area (Å²) in [4.78, 5) is 26.9. The standard InChI is InChI=1S/C21H24N6O/c22-10-7-15-3-5-16(6-4-15)20(28)25-17-9-13-27(14-17)21-24-12-8-19(26-21)18-2-1-11-23-18/h1-6,8,11-12,17,23H,7,9-10,13-14,22H2,(H,25,28). The molecule has 7 heteroatoms. The largest absolute Gasteiger partial charge is 0.360 e. The molecule has 1 aliphatic heterocycles. The topological polar surface area (TPSA) is 99.9 Å². The van der Waals surface area contributed by atoms with Gasteiger partial charge in [-0.3, -0.25) is 4.79 Å². The lowest BCUT2D eigenvalue weighted by Crippen LogP contribution is -2.37. The molecule has 3 heterocycles. The van der Waals surface area contributed by atoms with Crippen molar-refractivity contribution in [3.05, 3.63) is 66.0 Å². The maximum atomic E-state index is 12.5. The van der Waals surface area contributed by atoms with Crippen LogP contribution in [0.15, 0.2) is 54.9 Å². The van der Waals surface area contributed by atoms with Crippen molar-refractivity contribution in [1.82, 2.24) is 20.3 Å². The van der Waals surface area contributed by atoms with Crippen LogP contribution in [-0.2, 0) is 6.42 Å². The normalized spacial score (nSPS) is 16.3. The van der Waals surface area contributed by atoms with E-state index in [0.29, 0.717) is 24.6 Å². The first-order chi connectivity index (χ1) is 13.7. The summed E-state index contributed by atoms with van der Waals surface area (Å²) in [6.07, 6.45) is 5.34. The zero-order valence-electron chi connectivity index (χ0n) is 15.6. The minimum atomic E-state index is -0.0489. The van der Waals surface area contributed by atoms with E-state index in [4.69, 9.17) is 5.73 Å². The third-order valence-electron chi connectivity index (χ3n) is 4.97. The molecule has 3 aromatic rings. The highest BCUT2D eigenvalue weighted by Gasteiger charge is 2.26. The van der Waals surface area contributed by atoms with Crippen LogP contribution >= 0.6 is 0 Å². The molecule has 0 bridgehead atoms. The Bertz CT molecular complexity index is 922. The zero-order chi connectivity index (χ0) is 19.3. The number of aromatic amines is 1. The Morgan fingerprint density at radius 3 is 2.86 bits per heavy atom. The Labute approximate surface area is 164 Å². The summed E-state index contributed by atoms with van der Waals surface area (Å²) in [5.41, 5.74) is 9.21. The van der Waals surface area contributed by atoms with Crippen LogP contribution in [0.3, 0.4) is 0 Å². The third-order valence-corrected chi connectivity index (χ3v) is 4.97. The van der Waals surface area contributed by atoms with Gasteiger partial charge in [-0.1, -0.05) is 12.1 Å². The molecule has 0 radical (unpaired) electrons. The summed E-state index contributed by atoms with van der Waals surface area (Å²) in [5, 5.41) is 3.12. The van der Waals surface area contributed by atoms with Gasteiger partial charge in [0.1, 0.15) is 0 Å². The summed E-state index contributed by atoms with van der Waals surface area (Å²) < 4.78 is 0. The predicted molar refractivity (Wildman–Crippen MR) is 109 cm³/mol. The number of amides is 1. The molecule has 28 heavy (non-hydrogen) atoms. The summed E-state index contributed by atoms with van der Waals surface area (Å²) in [6, 6.07) is 13.5. The van der Waals surface area contributed by atoms with Gasteiger partial charge in [0.2, 0.25) is 5.95 Å². The van der Waals surface area contributed by atoms with Crippen molar-refractivity contribution < 1.29 is 4.79 Å². The van der Waals surface area contributed by atoms with Gasteiger partial charge < -0.3 is 20.9 Å². The van der Waals surface area contributed by atoms with Crippen LogP contribution in [0.4, 0.5) is 5.95 Å². The van der Waals surface area contributed by atoms with Crippen molar-refractivity contribution in [3.63, 3.8) is 0 Å². The lowest BCUT2D eigenvalue weighted by molar-refractivity contribution is 0.0940. The number of nitrogens with two attached hydrogens (primary N) is 1. The Morgan fingerprint density at radius 1 is 1.25 bits per heavy atom. The molecule has 0 spiro atoms. The number of carbonyl (C=O) groups excluding carboxylic acids is 1. The van der Waals surface area contributed by atoms with E-state index in [0.717, 1.165) is 36.3 Å². The van der Waals surface area contributed by atoms with Crippen LogP contribution in [0, 0.1) is 0 Å². The Hall–Kier alpha value is -3.19. The molecule has 1 saturated heterocycles. The molecule has 2 aromatic heterocycles. The molecule has 7 nitrogen and oxygen atoms in total. The van der Waals surface area contributed by atoms with Crippen molar-refractivity contribution in [1.29, 1.82) is 0 Å². The van der Waals surface area contributed by atoms with E-state index in [2.05, 4.69) is 25.2 Å². The Balaban J connectivity index is 1.38. The Morgan fingerprint density at radius 2 is 2.11 bits per heavy atom. The highest BCUT2D eigenvalue weighted by atomic mass is 16.1. The van der Waals surface area contributed by atoms with E-state index in [1.54, 1.807) is 6.20 Å². The van der Waals surface area contributed by atoms with E-state index >= 15 is 0 Å². The van der Waals surface area contributed by atoms with Gasteiger partial charge in [0, 0.05) is 37.1 Å². The lowest BCUT2D eigenvalue weighted by atomic mass is 10.1.